The molecule has 194 valence electrons. The van der Waals surface area contributed by atoms with Crippen LogP contribution in [0, 0.1) is 5.82 Å². The highest BCUT2D eigenvalue weighted by Gasteiger charge is 2.18. The number of ether oxygens (including phenoxy) is 1. The van der Waals surface area contributed by atoms with Gasteiger partial charge in [-0.1, -0.05) is 0 Å². The Bertz CT molecular complexity index is 1730. The van der Waals surface area contributed by atoms with Crippen LogP contribution in [0.5, 0.6) is 11.5 Å². The van der Waals surface area contributed by atoms with Gasteiger partial charge in [0.1, 0.15) is 34.2 Å². The molecule has 0 aliphatic heterocycles. The van der Waals surface area contributed by atoms with E-state index in [0.717, 1.165) is 0 Å². The Balaban J connectivity index is 1.38. The van der Waals surface area contributed by atoms with Gasteiger partial charge < -0.3 is 15.4 Å². The van der Waals surface area contributed by atoms with Crippen LogP contribution in [0.4, 0.5) is 10.1 Å². The average Bonchev–Trinajstić information content (AvgIpc) is 2.95. The zero-order chi connectivity index (χ0) is 27.4. The van der Waals surface area contributed by atoms with Gasteiger partial charge in [-0.2, -0.15) is 0 Å². The van der Waals surface area contributed by atoms with Crippen molar-refractivity contribution in [1.82, 2.24) is 19.9 Å². The maximum absolute atomic E-state index is 13.5. The van der Waals surface area contributed by atoms with Gasteiger partial charge in [0.25, 0.3) is 17.4 Å². The van der Waals surface area contributed by atoms with E-state index in [-0.39, 0.29) is 17.2 Å². The number of carbonyl (C=O) groups is 2. The van der Waals surface area contributed by atoms with Crippen molar-refractivity contribution >= 4 is 28.5 Å². The minimum atomic E-state index is -0.615. The van der Waals surface area contributed by atoms with Crippen LogP contribution in [-0.2, 0) is 0 Å². The molecule has 0 fully saturated rings. The number of pyridine rings is 3. The molecule has 39 heavy (non-hydrogen) atoms. The van der Waals surface area contributed by atoms with E-state index in [1.54, 1.807) is 42.5 Å². The van der Waals surface area contributed by atoms with Gasteiger partial charge in [0, 0.05) is 36.1 Å². The second kappa shape index (κ2) is 10.9. The number of hydrogen-bond acceptors (Lipinski definition) is 6. The molecule has 0 saturated carbocycles. The lowest BCUT2D eigenvalue weighted by atomic mass is 10.1. The van der Waals surface area contributed by atoms with Crippen LogP contribution in [-0.4, -0.2) is 32.9 Å². The molecule has 9 nitrogen and oxygen atoms in total. The van der Waals surface area contributed by atoms with Gasteiger partial charge in [-0.3, -0.25) is 23.9 Å². The predicted molar refractivity (Wildman–Crippen MR) is 144 cm³/mol. The summed E-state index contributed by atoms with van der Waals surface area (Å²) in [5.74, 6) is -0.470. The normalized spacial score (nSPS) is 10.7. The van der Waals surface area contributed by atoms with E-state index in [0.29, 0.717) is 40.5 Å². The number of carbonyl (C=O) groups excluding carboxylic acids is 2. The summed E-state index contributed by atoms with van der Waals surface area (Å²) < 4.78 is 20.6. The minimum Gasteiger partial charge on any atom is -0.457 e. The largest absolute Gasteiger partial charge is 0.457 e. The lowest BCUT2D eigenvalue weighted by molar-refractivity contribution is 0.0949. The first kappa shape index (κ1) is 25.3. The highest BCUT2D eigenvalue weighted by Crippen LogP contribution is 2.24. The Morgan fingerprint density at radius 2 is 1.67 bits per heavy atom. The molecule has 0 aliphatic carbocycles. The lowest BCUT2D eigenvalue weighted by Crippen LogP contribution is -2.29. The van der Waals surface area contributed by atoms with E-state index >= 15 is 0 Å². The predicted octanol–water partition coefficient (Wildman–Crippen LogP) is 4.71. The van der Waals surface area contributed by atoms with Gasteiger partial charge in [0.05, 0.1) is 5.69 Å². The third-order valence-corrected chi connectivity index (χ3v) is 5.74. The van der Waals surface area contributed by atoms with Gasteiger partial charge in [-0.25, -0.2) is 9.37 Å². The number of halogens is 1. The van der Waals surface area contributed by atoms with E-state index in [1.165, 1.54) is 53.4 Å². The van der Waals surface area contributed by atoms with E-state index in [1.807, 2.05) is 6.92 Å². The van der Waals surface area contributed by atoms with Crippen molar-refractivity contribution in [1.29, 1.82) is 0 Å². The maximum atomic E-state index is 13.5. The molecule has 5 rings (SSSR count). The molecule has 0 spiro atoms. The van der Waals surface area contributed by atoms with Crippen LogP contribution >= 0.6 is 0 Å². The number of fused-ring (bicyclic) bond motifs is 1. The van der Waals surface area contributed by atoms with Crippen molar-refractivity contribution in [2.24, 2.45) is 0 Å². The standard InChI is InChI=1S/C29H22FN5O4/c1-2-31-28(37)25-17-23(13-15-32-25)39-22-11-7-20(8-12-22)34-27(36)24-16-18-4-3-14-33-26(18)35(29(24)38)21-9-5-19(30)6-10-21/h3-17H,2H2,1H3,(H,31,37)(H,34,36). The molecule has 2 N–H and O–H groups in total. The third-order valence-electron chi connectivity index (χ3n) is 5.74. The van der Waals surface area contributed by atoms with Gasteiger partial charge in [0.15, 0.2) is 0 Å². The fraction of sp³-hybridized carbons (Fsp3) is 0.0690. The number of benzene rings is 2. The summed E-state index contributed by atoms with van der Waals surface area (Å²) in [6, 6.07) is 20.0. The molecular formula is C29H22FN5O4. The second-order valence-corrected chi connectivity index (χ2v) is 8.41. The SMILES string of the molecule is CCNC(=O)c1cc(Oc2ccc(NC(=O)c3cc4cccnc4n(-c4ccc(F)cc4)c3=O)cc2)ccn1. The molecule has 3 aromatic heterocycles. The van der Waals surface area contributed by atoms with Crippen molar-refractivity contribution in [2.75, 3.05) is 11.9 Å². The van der Waals surface area contributed by atoms with Crippen LogP contribution in [0.3, 0.4) is 0 Å². The van der Waals surface area contributed by atoms with Crippen LogP contribution in [0.1, 0.15) is 27.8 Å². The Labute approximate surface area is 221 Å². The van der Waals surface area contributed by atoms with E-state index in [9.17, 15) is 18.8 Å². The summed E-state index contributed by atoms with van der Waals surface area (Å²) in [5.41, 5.74) is 0.700. The number of aromatic nitrogens is 3. The monoisotopic (exact) mass is 523 g/mol. The van der Waals surface area contributed by atoms with Gasteiger partial charge in [-0.15, -0.1) is 0 Å². The number of nitrogens with one attached hydrogen (secondary N) is 2. The van der Waals surface area contributed by atoms with Crippen LogP contribution in [0.2, 0.25) is 0 Å². The van der Waals surface area contributed by atoms with Gasteiger partial charge in [0.2, 0.25) is 0 Å². The zero-order valence-electron chi connectivity index (χ0n) is 20.7. The van der Waals surface area contributed by atoms with E-state index in [4.69, 9.17) is 4.74 Å². The summed E-state index contributed by atoms with van der Waals surface area (Å²) in [5, 5.41) is 5.98. The molecule has 10 heteroatoms. The summed E-state index contributed by atoms with van der Waals surface area (Å²) >= 11 is 0. The first-order valence-electron chi connectivity index (χ1n) is 12.0. The first-order chi connectivity index (χ1) is 18.9. The molecule has 0 aliphatic rings. The Kier molecular flexibility index (Phi) is 7.09. The van der Waals surface area contributed by atoms with Crippen molar-refractivity contribution in [2.45, 2.75) is 6.92 Å². The third kappa shape index (κ3) is 5.49. The molecule has 2 aromatic carbocycles. The number of hydrogen-bond donors (Lipinski definition) is 2. The van der Waals surface area contributed by atoms with Crippen LogP contribution < -0.4 is 20.9 Å². The van der Waals surface area contributed by atoms with Gasteiger partial charge in [-0.05, 0) is 79.7 Å². The van der Waals surface area contributed by atoms with E-state index < -0.39 is 17.3 Å². The van der Waals surface area contributed by atoms with E-state index in [2.05, 4.69) is 20.6 Å². The Hall–Kier alpha value is -5.38. The number of nitrogens with zero attached hydrogens (tertiary/aromatic N) is 3. The van der Waals surface area contributed by atoms with Crippen molar-refractivity contribution in [3.63, 3.8) is 0 Å². The summed E-state index contributed by atoms with van der Waals surface area (Å²) in [6.45, 7) is 2.30. The smallest absolute Gasteiger partial charge is 0.270 e. The van der Waals surface area contributed by atoms with Crippen molar-refractivity contribution in [3.05, 3.63) is 119 Å². The van der Waals surface area contributed by atoms with Gasteiger partial charge >= 0.3 is 0 Å². The molecule has 0 radical (unpaired) electrons. The molecule has 0 saturated heterocycles. The topological polar surface area (TPSA) is 115 Å². The molecule has 3 heterocycles. The minimum absolute atomic E-state index is 0.102. The first-order valence-corrected chi connectivity index (χ1v) is 12.0. The lowest BCUT2D eigenvalue weighted by Gasteiger charge is -2.13. The summed E-state index contributed by atoms with van der Waals surface area (Å²) in [4.78, 5) is 46.9. The summed E-state index contributed by atoms with van der Waals surface area (Å²) in [6.07, 6.45) is 3.02. The number of amides is 2. The molecule has 0 atom stereocenters. The zero-order valence-corrected chi connectivity index (χ0v) is 20.7. The summed E-state index contributed by atoms with van der Waals surface area (Å²) in [7, 11) is 0. The average molecular weight is 524 g/mol. The molecular weight excluding hydrogens is 501 g/mol. The second-order valence-electron chi connectivity index (χ2n) is 8.41. The fourth-order valence-corrected chi connectivity index (χ4v) is 3.93. The Morgan fingerprint density at radius 1 is 0.897 bits per heavy atom. The Morgan fingerprint density at radius 3 is 2.41 bits per heavy atom. The number of rotatable bonds is 7. The van der Waals surface area contributed by atoms with Crippen molar-refractivity contribution < 1.29 is 18.7 Å². The molecule has 2 amide bonds. The molecule has 0 unspecified atom stereocenters. The van der Waals surface area contributed by atoms with Crippen LogP contribution in [0.15, 0.2) is 96.1 Å². The molecule has 0 bridgehead atoms. The van der Waals surface area contributed by atoms with Crippen molar-refractivity contribution in [3.8, 4) is 17.2 Å². The number of anilines is 1. The van der Waals surface area contributed by atoms with Crippen LogP contribution in [0.25, 0.3) is 16.7 Å². The maximum Gasteiger partial charge on any atom is 0.270 e. The highest BCUT2D eigenvalue weighted by atomic mass is 19.1. The quantitative estimate of drug-likeness (QED) is 0.319. The molecule has 5 aromatic rings. The fourth-order valence-electron chi connectivity index (χ4n) is 3.93. The highest BCUT2D eigenvalue weighted by molar-refractivity contribution is 6.05.